The first kappa shape index (κ1) is 24.2. The molecule has 1 amide bonds. The van der Waals surface area contributed by atoms with Crippen molar-refractivity contribution in [1.29, 1.82) is 0 Å². The van der Waals surface area contributed by atoms with Gasteiger partial charge in [-0.2, -0.15) is 0 Å². The van der Waals surface area contributed by atoms with E-state index in [0.29, 0.717) is 6.54 Å². The number of alkyl halides is 1. The average molecular weight is 459 g/mol. The second kappa shape index (κ2) is 11.9. The van der Waals surface area contributed by atoms with E-state index in [2.05, 4.69) is 55.1 Å². The molecule has 6 heteroatoms. The molecule has 0 heterocycles. The molecule has 0 unspecified atom stereocenters. The van der Waals surface area contributed by atoms with E-state index in [0.717, 1.165) is 23.7 Å². The average Bonchev–Trinajstić information content (AvgIpc) is 2.61. The molecule has 0 fully saturated rings. The molecular formula is C21H36BrNO3Si. The summed E-state index contributed by atoms with van der Waals surface area (Å²) in [6.07, 6.45) is 4.04. The fourth-order valence-electron chi connectivity index (χ4n) is 2.41. The van der Waals surface area contributed by atoms with Gasteiger partial charge in [0.2, 0.25) is 0 Å². The van der Waals surface area contributed by atoms with Crippen LogP contribution in [0.2, 0.25) is 18.1 Å². The lowest BCUT2D eigenvalue weighted by Gasteiger charge is -2.39. The number of carbonyl (C=O) groups is 1. The van der Waals surface area contributed by atoms with Gasteiger partial charge in [-0.3, -0.25) is 0 Å². The molecule has 0 saturated carbocycles. The van der Waals surface area contributed by atoms with E-state index < -0.39 is 8.32 Å². The van der Waals surface area contributed by atoms with Crippen LogP contribution in [0.5, 0.6) is 0 Å². The summed E-state index contributed by atoms with van der Waals surface area (Å²) in [6.45, 7) is 12.0. The number of halogens is 1. The Morgan fingerprint density at radius 3 is 2.41 bits per heavy atom. The molecule has 0 bridgehead atoms. The molecule has 1 atom stereocenters. The smallest absolute Gasteiger partial charge is 0.407 e. The van der Waals surface area contributed by atoms with Gasteiger partial charge >= 0.3 is 6.09 Å². The number of alkyl carbamates (subject to hydrolysis) is 1. The summed E-state index contributed by atoms with van der Waals surface area (Å²) in [5.74, 6) is 0. The molecule has 0 aliphatic rings. The van der Waals surface area contributed by atoms with Crippen molar-refractivity contribution in [3.8, 4) is 0 Å². The number of hydrogen-bond acceptors (Lipinski definition) is 3. The van der Waals surface area contributed by atoms with Gasteiger partial charge < -0.3 is 14.5 Å². The lowest BCUT2D eigenvalue weighted by molar-refractivity contribution is 0.124. The minimum atomic E-state index is -1.88. The topological polar surface area (TPSA) is 47.6 Å². The Hall–Kier alpha value is -0.853. The first-order valence-electron chi connectivity index (χ1n) is 9.84. The monoisotopic (exact) mass is 457 g/mol. The van der Waals surface area contributed by atoms with Crippen molar-refractivity contribution in [2.75, 3.05) is 11.9 Å². The molecular weight excluding hydrogens is 422 g/mol. The molecule has 0 aliphatic heterocycles. The molecule has 0 aromatic heterocycles. The van der Waals surface area contributed by atoms with E-state index in [4.69, 9.17) is 9.16 Å². The van der Waals surface area contributed by atoms with E-state index >= 15 is 0 Å². The van der Waals surface area contributed by atoms with Crippen molar-refractivity contribution in [1.82, 2.24) is 5.32 Å². The van der Waals surface area contributed by atoms with Gasteiger partial charge in [0.15, 0.2) is 8.32 Å². The van der Waals surface area contributed by atoms with Crippen LogP contribution in [0.1, 0.15) is 52.0 Å². The predicted molar refractivity (Wildman–Crippen MR) is 119 cm³/mol. The summed E-state index contributed by atoms with van der Waals surface area (Å²) in [5, 5.41) is 4.08. The fourth-order valence-corrected chi connectivity index (χ4v) is 4.20. The second-order valence-corrected chi connectivity index (χ2v) is 14.0. The zero-order valence-electron chi connectivity index (χ0n) is 17.5. The maximum absolute atomic E-state index is 12.1. The standard InChI is InChI=1S/C21H36BrNO3Si/c1-21(2,3)27(4,5)26-19(14-10-7-11-15-22)16-23-20(24)25-17-18-12-8-6-9-13-18/h6,8-9,12-13,19H,7,10-11,14-17H2,1-5H3,(H,23,24)/t19-/m1/s1. The number of rotatable bonds is 11. The van der Waals surface area contributed by atoms with E-state index in [1.54, 1.807) is 0 Å². The van der Waals surface area contributed by atoms with Gasteiger partial charge in [-0.25, -0.2) is 4.79 Å². The number of benzene rings is 1. The van der Waals surface area contributed by atoms with E-state index in [1.165, 1.54) is 12.8 Å². The molecule has 0 aliphatic carbocycles. The number of unbranched alkanes of at least 4 members (excludes halogenated alkanes) is 2. The van der Waals surface area contributed by atoms with Gasteiger partial charge in [0, 0.05) is 11.9 Å². The number of amides is 1. The lowest BCUT2D eigenvalue weighted by Crippen LogP contribution is -2.47. The normalized spacial score (nSPS) is 13.3. The zero-order valence-corrected chi connectivity index (χ0v) is 20.1. The summed E-state index contributed by atoms with van der Waals surface area (Å²) < 4.78 is 11.9. The Morgan fingerprint density at radius 1 is 1.15 bits per heavy atom. The second-order valence-electron chi connectivity index (χ2n) is 8.48. The van der Waals surface area contributed by atoms with Crippen molar-refractivity contribution in [3.63, 3.8) is 0 Å². The van der Waals surface area contributed by atoms with E-state index in [9.17, 15) is 4.79 Å². The van der Waals surface area contributed by atoms with Gasteiger partial charge in [-0.05, 0) is 36.5 Å². The molecule has 1 aromatic rings. The molecule has 27 heavy (non-hydrogen) atoms. The highest BCUT2D eigenvalue weighted by Crippen LogP contribution is 2.37. The van der Waals surface area contributed by atoms with Crippen LogP contribution in [0, 0.1) is 0 Å². The van der Waals surface area contributed by atoms with Crippen LogP contribution in [0.3, 0.4) is 0 Å². The number of hydrogen-bond donors (Lipinski definition) is 1. The van der Waals surface area contributed by atoms with Crippen LogP contribution in [0.25, 0.3) is 0 Å². The summed E-state index contributed by atoms with van der Waals surface area (Å²) in [4.78, 5) is 12.1. The van der Waals surface area contributed by atoms with Gasteiger partial charge in [0.05, 0.1) is 6.10 Å². The maximum Gasteiger partial charge on any atom is 0.407 e. The van der Waals surface area contributed by atoms with Gasteiger partial charge in [0.25, 0.3) is 0 Å². The quantitative estimate of drug-likeness (QED) is 0.242. The largest absolute Gasteiger partial charge is 0.445 e. The molecule has 1 N–H and O–H groups in total. The number of carbonyl (C=O) groups excluding carboxylic acids is 1. The Balaban J connectivity index is 2.52. The summed E-state index contributed by atoms with van der Waals surface area (Å²) in [6, 6.07) is 9.71. The SMILES string of the molecule is CC(C)(C)[Si](C)(C)O[C@H](CCCCCBr)CNC(=O)OCc1ccccc1. The van der Waals surface area contributed by atoms with Crippen molar-refractivity contribution >= 4 is 30.3 Å². The summed E-state index contributed by atoms with van der Waals surface area (Å²) in [7, 11) is -1.88. The highest BCUT2D eigenvalue weighted by Gasteiger charge is 2.39. The molecule has 154 valence electrons. The van der Waals surface area contributed by atoms with Crippen molar-refractivity contribution in [2.45, 2.75) is 77.3 Å². The van der Waals surface area contributed by atoms with Crippen LogP contribution < -0.4 is 5.32 Å². The van der Waals surface area contributed by atoms with Crippen molar-refractivity contribution < 1.29 is 14.0 Å². The van der Waals surface area contributed by atoms with Gasteiger partial charge in [0.1, 0.15) is 6.61 Å². The maximum atomic E-state index is 12.1. The minimum absolute atomic E-state index is 0.0329. The Labute approximate surface area is 174 Å². The molecule has 0 spiro atoms. The van der Waals surface area contributed by atoms with E-state index in [-0.39, 0.29) is 23.8 Å². The third kappa shape index (κ3) is 9.76. The molecule has 0 saturated heterocycles. The third-order valence-corrected chi connectivity index (χ3v) is 10.2. The molecule has 1 rings (SSSR count). The van der Waals surface area contributed by atoms with E-state index in [1.807, 2.05) is 30.3 Å². The number of ether oxygens (including phenoxy) is 1. The van der Waals surface area contributed by atoms with Crippen LogP contribution >= 0.6 is 15.9 Å². The summed E-state index contributed by atoms with van der Waals surface area (Å²) in [5.41, 5.74) is 0.983. The van der Waals surface area contributed by atoms with Crippen LogP contribution in [-0.4, -0.2) is 32.4 Å². The van der Waals surface area contributed by atoms with Crippen LogP contribution in [0.4, 0.5) is 4.79 Å². The fraction of sp³-hybridized carbons (Fsp3) is 0.667. The Bertz CT molecular complexity index is 546. The molecule has 4 nitrogen and oxygen atoms in total. The van der Waals surface area contributed by atoms with Gasteiger partial charge in [-0.15, -0.1) is 0 Å². The Kier molecular flexibility index (Phi) is 10.6. The molecule has 1 aromatic carbocycles. The van der Waals surface area contributed by atoms with Gasteiger partial charge in [-0.1, -0.05) is 79.9 Å². The first-order chi connectivity index (χ1) is 12.7. The Morgan fingerprint density at radius 2 is 1.81 bits per heavy atom. The third-order valence-electron chi connectivity index (χ3n) is 5.11. The van der Waals surface area contributed by atoms with Crippen LogP contribution in [0.15, 0.2) is 30.3 Å². The lowest BCUT2D eigenvalue weighted by atomic mass is 10.1. The van der Waals surface area contributed by atoms with Crippen molar-refractivity contribution in [2.24, 2.45) is 0 Å². The van der Waals surface area contributed by atoms with Crippen molar-refractivity contribution in [3.05, 3.63) is 35.9 Å². The number of nitrogens with one attached hydrogen (secondary N) is 1. The highest BCUT2D eigenvalue weighted by atomic mass is 79.9. The molecule has 0 radical (unpaired) electrons. The summed E-state index contributed by atoms with van der Waals surface area (Å²) >= 11 is 3.48. The minimum Gasteiger partial charge on any atom is -0.445 e. The zero-order chi connectivity index (χ0) is 20.3. The first-order valence-corrected chi connectivity index (χ1v) is 13.9. The van der Waals surface area contributed by atoms with Crippen LogP contribution in [-0.2, 0) is 15.8 Å². The highest BCUT2D eigenvalue weighted by molar-refractivity contribution is 9.09. The predicted octanol–water partition coefficient (Wildman–Crippen LogP) is 6.26.